The highest BCUT2D eigenvalue weighted by Crippen LogP contribution is 2.30. The van der Waals surface area contributed by atoms with Gasteiger partial charge in [0.1, 0.15) is 12.6 Å². The van der Waals surface area contributed by atoms with Gasteiger partial charge in [-0.3, -0.25) is 4.79 Å². The second-order valence-corrected chi connectivity index (χ2v) is 8.28. The number of carbonyl (C=O) groups is 1. The Morgan fingerprint density at radius 1 is 1.20 bits per heavy atom. The van der Waals surface area contributed by atoms with Crippen LogP contribution < -0.4 is 5.32 Å². The smallest absolute Gasteiger partial charge is 0.346 e. The Kier molecular flexibility index (Phi) is 4.80. The Bertz CT molecular complexity index is 777. The fourth-order valence-corrected chi connectivity index (χ4v) is 5.15. The van der Waals surface area contributed by atoms with Crippen molar-refractivity contribution < 1.29 is 26.4 Å². The Morgan fingerprint density at radius 3 is 2.64 bits per heavy atom. The van der Waals surface area contributed by atoms with Crippen molar-refractivity contribution in [1.82, 2.24) is 9.62 Å². The zero-order chi connectivity index (χ0) is 18.2. The summed E-state index contributed by atoms with van der Waals surface area (Å²) in [6, 6.07) is 3.83. The van der Waals surface area contributed by atoms with Gasteiger partial charge in [-0.15, -0.1) is 0 Å². The largest absolute Gasteiger partial charge is 0.405 e. The number of sulfonamides is 1. The molecule has 0 radical (unpaired) electrons. The normalized spacial score (nSPS) is 21.3. The van der Waals surface area contributed by atoms with Gasteiger partial charge in [-0.05, 0) is 55.4 Å². The number of hydrogen-bond acceptors (Lipinski definition) is 3. The van der Waals surface area contributed by atoms with Gasteiger partial charge in [-0.2, -0.15) is 17.5 Å². The number of nitrogens with one attached hydrogen (secondary N) is 1. The summed E-state index contributed by atoms with van der Waals surface area (Å²) in [6.45, 7) is -1.33. The van der Waals surface area contributed by atoms with Crippen LogP contribution in [0.4, 0.5) is 13.2 Å². The number of halogens is 3. The predicted octanol–water partition coefficient (Wildman–Crippen LogP) is 2.01. The first-order valence-electron chi connectivity index (χ1n) is 8.16. The number of fused-ring (bicyclic) bond motifs is 1. The summed E-state index contributed by atoms with van der Waals surface area (Å²) in [7, 11) is -3.92. The molecule has 1 saturated heterocycles. The maximum Gasteiger partial charge on any atom is 0.405 e. The molecule has 138 valence electrons. The van der Waals surface area contributed by atoms with Crippen LogP contribution in [0, 0.1) is 0 Å². The molecule has 1 aromatic carbocycles. The minimum absolute atomic E-state index is 0.101. The van der Waals surface area contributed by atoms with E-state index in [1.807, 2.05) is 0 Å². The van der Waals surface area contributed by atoms with Crippen LogP contribution in [0.1, 0.15) is 30.4 Å². The molecule has 5 nitrogen and oxygen atoms in total. The van der Waals surface area contributed by atoms with Gasteiger partial charge in [0.05, 0.1) is 4.90 Å². The van der Waals surface area contributed by atoms with E-state index in [1.54, 1.807) is 17.4 Å². The van der Waals surface area contributed by atoms with Gasteiger partial charge in [0.2, 0.25) is 15.9 Å². The highest BCUT2D eigenvalue weighted by molar-refractivity contribution is 7.89. The number of alkyl halides is 3. The molecule has 1 heterocycles. The lowest BCUT2D eigenvalue weighted by molar-refractivity contribution is -0.140. The molecule has 2 aliphatic rings. The molecular formula is C16H19F3N2O3S. The van der Waals surface area contributed by atoms with Crippen LogP contribution in [-0.2, 0) is 27.7 Å². The number of rotatable bonds is 4. The van der Waals surface area contributed by atoms with Crippen molar-refractivity contribution >= 4 is 15.9 Å². The number of carbonyl (C=O) groups excluding carboxylic acids is 1. The van der Waals surface area contributed by atoms with Gasteiger partial charge in [0, 0.05) is 6.54 Å². The number of nitrogens with zero attached hydrogens (tertiary/aromatic N) is 1. The average molecular weight is 376 g/mol. The van der Waals surface area contributed by atoms with Crippen molar-refractivity contribution in [2.45, 2.75) is 49.2 Å². The van der Waals surface area contributed by atoms with Gasteiger partial charge in [-0.1, -0.05) is 6.07 Å². The Labute approximate surface area is 144 Å². The molecule has 1 amide bonds. The third kappa shape index (κ3) is 3.82. The molecule has 0 bridgehead atoms. The number of aryl methyl sites for hydroxylation is 2. The van der Waals surface area contributed by atoms with Crippen molar-refractivity contribution in [3.63, 3.8) is 0 Å². The molecule has 0 saturated carbocycles. The summed E-state index contributed by atoms with van der Waals surface area (Å²) in [5.74, 6) is -0.903. The first kappa shape index (κ1) is 18.2. The van der Waals surface area contributed by atoms with Gasteiger partial charge in [-0.25, -0.2) is 8.42 Å². The molecule has 1 fully saturated rings. The second-order valence-electron chi connectivity index (χ2n) is 6.39. The van der Waals surface area contributed by atoms with E-state index in [2.05, 4.69) is 0 Å². The number of hydrogen-bond donors (Lipinski definition) is 1. The van der Waals surface area contributed by atoms with Crippen LogP contribution in [0.15, 0.2) is 23.1 Å². The lowest BCUT2D eigenvalue weighted by Crippen LogP contribution is -2.47. The van der Waals surface area contributed by atoms with Gasteiger partial charge in [0.15, 0.2) is 0 Å². The molecule has 1 aliphatic carbocycles. The zero-order valence-corrected chi connectivity index (χ0v) is 14.3. The Morgan fingerprint density at radius 2 is 1.92 bits per heavy atom. The van der Waals surface area contributed by atoms with Crippen LogP contribution in [0.25, 0.3) is 0 Å². The molecule has 1 aromatic rings. The minimum Gasteiger partial charge on any atom is -0.346 e. The molecule has 25 heavy (non-hydrogen) atoms. The molecule has 0 aromatic heterocycles. The maximum atomic E-state index is 12.9. The van der Waals surface area contributed by atoms with E-state index in [-0.39, 0.29) is 17.9 Å². The molecular weight excluding hydrogens is 357 g/mol. The van der Waals surface area contributed by atoms with Crippen molar-refractivity contribution in [3.05, 3.63) is 29.3 Å². The lowest BCUT2D eigenvalue weighted by Gasteiger charge is -2.24. The molecule has 1 atom stereocenters. The van der Waals surface area contributed by atoms with Crippen molar-refractivity contribution in [2.24, 2.45) is 0 Å². The summed E-state index contributed by atoms with van der Waals surface area (Å²) in [4.78, 5) is 12.2. The van der Waals surface area contributed by atoms with E-state index >= 15 is 0 Å². The lowest BCUT2D eigenvalue weighted by atomic mass is 10.1. The standard InChI is InChI=1S/C16H19F3N2O3S/c17-16(18,19)10-20-15(22)14-5-2-8-21(14)25(23,24)13-7-6-11-3-1-4-12(11)9-13/h6-7,9,14H,1-5,8,10H2,(H,20,22)/t14-/m1/s1. The molecule has 1 aliphatic heterocycles. The van der Waals surface area contributed by atoms with Crippen LogP contribution in [0.5, 0.6) is 0 Å². The minimum atomic E-state index is -4.53. The van der Waals surface area contributed by atoms with Crippen LogP contribution in [0.2, 0.25) is 0 Å². The van der Waals surface area contributed by atoms with E-state index in [0.29, 0.717) is 6.42 Å². The topological polar surface area (TPSA) is 66.5 Å². The Balaban J connectivity index is 1.80. The highest BCUT2D eigenvalue weighted by atomic mass is 32.2. The van der Waals surface area contributed by atoms with E-state index in [1.165, 1.54) is 6.07 Å². The van der Waals surface area contributed by atoms with Gasteiger partial charge < -0.3 is 5.32 Å². The van der Waals surface area contributed by atoms with Crippen LogP contribution in [-0.4, -0.2) is 43.9 Å². The maximum absolute atomic E-state index is 12.9. The van der Waals surface area contributed by atoms with Crippen molar-refractivity contribution in [3.8, 4) is 0 Å². The SMILES string of the molecule is O=C(NCC(F)(F)F)[C@H]1CCCN1S(=O)(=O)c1ccc2c(c1)CCC2. The Hall–Kier alpha value is -1.61. The molecule has 0 spiro atoms. The predicted molar refractivity (Wildman–Crippen MR) is 84.4 cm³/mol. The molecule has 3 rings (SSSR count). The zero-order valence-electron chi connectivity index (χ0n) is 13.5. The van der Waals surface area contributed by atoms with Crippen LogP contribution >= 0.6 is 0 Å². The molecule has 0 unspecified atom stereocenters. The van der Waals surface area contributed by atoms with Crippen molar-refractivity contribution in [2.75, 3.05) is 13.1 Å². The number of amides is 1. The first-order valence-corrected chi connectivity index (χ1v) is 9.60. The molecule has 9 heteroatoms. The average Bonchev–Trinajstić information content (AvgIpc) is 3.20. The molecule has 1 N–H and O–H groups in total. The van der Waals surface area contributed by atoms with E-state index in [9.17, 15) is 26.4 Å². The van der Waals surface area contributed by atoms with Crippen LogP contribution in [0.3, 0.4) is 0 Å². The summed E-state index contributed by atoms with van der Waals surface area (Å²) < 4.78 is 63.6. The summed E-state index contributed by atoms with van der Waals surface area (Å²) in [5.41, 5.74) is 2.11. The summed E-state index contributed by atoms with van der Waals surface area (Å²) in [6.07, 6.45) is -1.17. The second kappa shape index (κ2) is 6.60. The summed E-state index contributed by atoms with van der Waals surface area (Å²) in [5, 5.41) is 1.79. The van der Waals surface area contributed by atoms with Gasteiger partial charge in [0.25, 0.3) is 0 Å². The van der Waals surface area contributed by atoms with E-state index < -0.39 is 34.7 Å². The monoisotopic (exact) mass is 376 g/mol. The third-order valence-corrected chi connectivity index (χ3v) is 6.55. The van der Waals surface area contributed by atoms with Crippen molar-refractivity contribution in [1.29, 1.82) is 0 Å². The van der Waals surface area contributed by atoms with E-state index in [0.717, 1.165) is 34.7 Å². The first-order chi connectivity index (χ1) is 11.7. The highest BCUT2D eigenvalue weighted by Gasteiger charge is 2.40. The van der Waals surface area contributed by atoms with E-state index in [4.69, 9.17) is 0 Å². The summed E-state index contributed by atoms with van der Waals surface area (Å²) >= 11 is 0. The van der Waals surface area contributed by atoms with Gasteiger partial charge >= 0.3 is 6.18 Å². The fourth-order valence-electron chi connectivity index (χ4n) is 3.44. The fraction of sp³-hybridized carbons (Fsp3) is 0.562. The number of benzene rings is 1. The third-order valence-electron chi connectivity index (χ3n) is 4.65. The quantitative estimate of drug-likeness (QED) is 0.874.